The van der Waals surface area contributed by atoms with Crippen LogP contribution >= 0.6 is 23.2 Å². The average molecular weight is 336 g/mol. The Labute approximate surface area is 126 Å². The Morgan fingerprint density at radius 1 is 1.30 bits per heavy atom. The van der Waals surface area contributed by atoms with Gasteiger partial charge in [-0.25, -0.2) is 18.5 Å². The van der Waals surface area contributed by atoms with Gasteiger partial charge in [-0.1, -0.05) is 23.2 Å². The maximum atomic E-state index is 11.3. The molecular weight excluding hydrogens is 325 g/mol. The van der Waals surface area contributed by atoms with Crippen molar-refractivity contribution in [2.45, 2.75) is 11.4 Å². The number of nitrogens with zero attached hydrogens (tertiary/aromatic N) is 2. The van der Waals surface area contributed by atoms with E-state index in [0.717, 1.165) is 0 Å². The van der Waals surface area contributed by atoms with Gasteiger partial charge in [-0.3, -0.25) is 0 Å². The van der Waals surface area contributed by atoms with Gasteiger partial charge >= 0.3 is 0 Å². The van der Waals surface area contributed by atoms with Crippen LogP contribution in [-0.2, 0) is 16.6 Å². The van der Waals surface area contributed by atoms with Crippen molar-refractivity contribution >= 4 is 33.2 Å². The van der Waals surface area contributed by atoms with E-state index in [0.29, 0.717) is 18.9 Å². The number of aromatic nitrogens is 2. The van der Waals surface area contributed by atoms with Crippen LogP contribution in [0.2, 0.25) is 10.0 Å². The van der Waals surface area contributed by atoms with E-state index in [4.69, 9.17) is 33.1 Å². The highest BCUT2D eigenvalue weighted by molar-refractivity contribution is 7.89. The molecule has 0 radical (unpaired) electrons. The summed E-state index contributed by atoms with van der Waals surface area (Å²) in [5.74, 6) is 0.296. The van der Waals surface area contributed by atoms with E-state index >= 15 is 0 Å². The number of ether oxygens (including phenoxy) is 1. The number of primary sulfonamides is 1. The molecule has 0 fully saturated rings. The zero-order chi connectivity index (χ0) is 14.8. The van der Waals surface area contributed by atoms with E-state index in [9.17, 15) is 8.42 Å². The molecule has 0 aliphatic carbocycles. The van der Waals surface area contributed by atoms with Crippen LogP contribution in [-0.4, -0.2) is 24.6 Å². The predicted octanol–water partition coefficient (Wildman–Crippen LogP) is 1.92. The molecule has 0 saturated heterocycles. The number of rotatable bonds is 5. The summed E-state index contributed by atoms with van der Waals surface area (Å²) < 4.78 is 29.8. The van der Waals surface area contributed by atoms with E-state index in [2.05, 4.69) is 4.98 Å². The van der Waals surface area contributed by atoms with Gasteiger partial charge in [0.1, 0.15) is 17.3 Å². The Hall–Kier alpha value is -1.28. The maximum Gasteiger partial charge on any atom is 0.239 e. The third-order valence-electron chi connectivity index (χ3n) is 2.46. The second kappa shape index (κ2) is 6.01. The topological polar surface area (TPSA) is 87.2 Å². The molecule has 0 amide bonds. The lowest BCUT2D eigenvalue weighted by molar-refractivity contribution is 0.298. The largest absolute Gasteiger partial charge is 0.490 e. The zero-order valence-corrected chi connectivity index (χ0v) is 12.5. The molecule has 0 aliphatic rings. The lowest BCUT2D eigenvalue weighted by atomic mass is 10.3. The number of imidazole rings is 1. The van der Waals surface area contributed by atoms with Crippen LogP contribution in [0, 0.1) is 0 Å². The molecule has 2 N–H and O–H groups in total. The van der Waals surface area contributed by atoms with Crippen LogP contribution in [0.5, 0.6) is 5.75 Å². The Balaban J connectivity index is 2.11. The third-order valence-corrected chi connectivity index (χ3v) is 4.13. The molecule has 9 heteroatoms. The first kappa shape index (κ1) is 15.1. The summed E-state index contributed by atoms with van der Waals surface area (Å²) in [4.78, 5) is 3.67. The molecule has 20 heavy (non-hydrogen) atoms. The van der Waals surface area contributed by atoms with Gasteiger partial charge in [-0.2, -0.15) is 0 Å². The molecule has 0 saturated carbocycles. The van der Waals surface area contributed by atoms with E-state index in [1.165, 1.54) is 12.1 Å². The summed E-state index contributed by atoms with van der Waals surface area (Å²) in [5.41, 5.74) is 0. The molecule has 0 atom stereocenters. The smallest absolute Gasteiger partial charge is 0.239 e. The van der Waals surface area contributed by atoms with Crippen molar-refractivity contribution in [1.29, 1.82) is 0 Å². The molecule has 0 spiro atoms. The summed E-state index contributed by atoms with van der Waals surface area (Å²) in [6.07, 6.45) is 5.11. The van der Waals surface area contributed by atoms with Crippen LogP contribution in [0.4, 0.5) is 0 Å². The van der Waals surface area contributed by atoms with Gasteiger partial charge in [0.05, 0.1) is 22.9 Å². The minimum atomic E-state index is -3.91. The fourth-order valence-electron chi connectivity index (χ4n) is 1.52. The Morgan fingerprint density at radius 2 is 2.05 bits per heavy atom. The van der Waals surface area contributed by atoms with Crippen molar-refractivity contribution in [2.75, 3.05) is 6.61 Å². The normalized spacial score (nSPS) is 11.6. The number of hydrogen-bond acceptors (Lipinski definition) is 4. The lowest BCUT2D eigenvalue weighted by Gasteiger charge is -2.10. The molecule has 2 aromatic rings. The summed E-state index contributed by atoms with van der Waals surface area (Å²) >= 11 is 11.8. The maximum absolute atomic E-state index is 11.3. The second-order valence-electron chi connectivity index (χ2n) is 3.91. The van der Waals surface area contributed by atoms with Crippen molar-refractivity contribution in [2.24, 2.45) is 5.14 Å². The van der Waals surface area contributed by atoms with Crippen LogP contribution in [0.1, 0.15) is 0 Å². The van der Waals surface area contributed by atoms with Gasteiger partial charge in [0, 0.05) is 18.5 Å². The standard InChI is InChI=1S/C11H11Cl2N3O3S/c12-8-6-11(20(14,17)18)9(13)5-10(8)19-4-3-16-2-1-15-7-16/h1-2,5-7H,3-4H2,(H2,14,17,18). The molecular formula is C11H11Cl2N3O3S. The van der Waals surface area contributed by atoms with Crippen molar-refractivity contribution in [1.82, 2.24) is 9.55 Å². The summed E-state index contributed by atoms with van der Waals surface area (Å²) in [5, 5.41) is 5.11. The van der Waals surface area contributed by atoms with Crippen molar-refractivity contribution < 1.29 is 13.2 Å². The average Bonchev–Trinajstić information content (AvgIpc) is 2.84. The van der Waals surface area contributed by atoms with Crippen LogP contribution < -0.4 is 9.88 Å². The zero-order valence-electron chi connectivity index (χ0n) is 10.2. The number of benzene rings is 1. The van der Waals surface area contributed by atoms with E-state index < -0.39 is 10.0 Å². The molecule has 0 bridgehead atoms. The first-order valence-electron chi connectivity index (χ1n) is 5.48. The minimum absolute atomic E-state index is 0.0328. The first-order valence-corrected chi connectivity index (χ1v) is 7.78. The van der Waals surface area contributed by atoms with Gasteiger partial charge in [-0.15, -0.1) is 0 Å². The number of nitrogens with two attached hydrogens (primary N) is 1. The molecule has 0 unspecified atom stereocenters. The Kier molecular flexibility index (Phi) is 4.54. The number of sulfonamides is 1. The fourth-order valence-corrected chi connectivity index (χ4v) is 2.89. The van der Waals surface area contributed by atoms with Gasteiger partial charge in [0.2, 0.25) is 10.0 Å². The van der Waals surface area contributed by atoms with Gasteiger partial charge in [0.15, 0.2) is 0 Å². The van der Waals surface area contributed by atoms with Gasteiger partial charge in [0.25, 0.3) is 0 Å². The summed E-state index contributed by atoms with van der Waals surface area (Å²) in [6.45, 7) is 0.909. The third kappa shape index (κ3) is 3.63. The summed E-state index contributed by atoms with van der Waals surface area (Å²) in [6, 6.07) is 2.50. The number of hydrogen-bond donors (Lipinski definition) is 1. The Bertz CT molecular complexity index is 702. The molecule has 1 heterocycles. The van der Waals surface area contributed by atoms with E-state index in [1.54, 1.807) is 18.7 Å². The quantitative estimate of drug-likeness (QED) is 0.904. The highest BCUT2D eigenvalue weighted by Crippen LogP contribution is 2.33. The number of halogens is 2. The molecule has 6 nitrogen and oxygen atoms in total. The van der Waals surface area contributed by atoms with Gasteiger partial charge < -0.3 is 9.30 Å². The SMILES string of the molecule is NS(=O)(=O)c1cc(Cl)c(OCCn2ccnc2)cc1Cl. The lowest BCUT2D eigenvalue weighted by Crippen LogP contribution is -2.13. The highest BCUT2D eigenvalue weighted by atomic mass is 35.5. The summed E-state index contributed by atoms with van der Waals surface area (Å²) in [7, 11) is -3.91. The van der Waals surface area contributed by atoms with Crippen molar-refractivity contribution in [3.8, 4) is 5.75 Å². The first-order chi connectivity index (χ1) is 9.38. The van der Waals surface area contributed by atoms with Crippen LogP contribution in [0.25, 0.3) is 0 Å². The van der Waals surface area contributed by atoms with Crippen molar-refractivity contribution in [3.63, 3.8) is 0 Å². The molecule has 0 aliphatic heterocycles. The molecule has 1 aromatic carbocycles. The van der Waals surface area contributed by atoms with Crippen LogP contribution in [0.15, 0.2) is 35.7 Å². The molecule has 1 aromatic heterocycles. The van der Waals surface area contributed by atoms with Crippen LogP contribution in [0.3, 0.4) is 0 Å². The second-order valence-corrected chi connectivity index (χ2v) is 6.25. The highest BCUT2D eigenvalue weighted by Gasteiger charge is 2.16. The molecule has 2 rings (SSSR count). The Morgan fingerprint density at radius 3 is 2.65 bits per heavy atom. The van der Waals surface area contributed by atoms with E-state index in [1.807, 2.05) is 4.57 Å². The minimum Gasteiger partial charge on any atom is -0.490 e. The molecule has 108 valence electrons. The monoisotopic (exact) mass is 335 g/mol. The van der Waals surface area contributed by atoms with Crippen molar-refractivity contribution in [3.05, 3.63) is 40.9 Å². The fraction of sp³-hybridized carbons (Fsp3) is 0.182. The van der Waals surface area contributed by atoms with E-state index in [-0.39, 0.29) is 14.9 Å². The predicted molar refractivity (Wildman–Crippen MR) is 75.6 cm³/mol. The van der Waals surface area contributed by atoms with Gasteiger partial charge in [-0.05, 0) is 6.07 Å².